The Kier molecular flexibility index (Phi) is 16.6. The molecule has 0 radical (unpaired) electrons. The number of aliphatic hydroxyl groups is 1. The predicted octanol–water partition coefficient (Wildman–Crippen LogP) is 7.50. The Bertz CT molecular complexity index is 1980. The van der Waals surface area contributed by atoms with Crippen molar-refractivity contribution in [1.29, 1.82) is 0 Å². The van der Waals surface area contributed by atoms with Crippen molar-refractivity contribution in [1.82, 2.24) is 0 Å². The first-order chi connectivity index (χ1) is 29.6. The third kappa shape index (κ3) is 12.1. The molecule has 4 aromatic rings. The van der Waals surface area contributed by atoms with Gasteiger partial charge in [0, 0.05) is 6.61 Å². The van der Waals surface area contributed by atoms with Gasteiger partial charge >= 0.3 is 23.9 Å². The molecule has 0 saturated carbocycles. The van der Waals surface area contributed by atoms with E-state index in [1.165, 1.54) is 0 Å². The van der Waals surface area contributed by atoms with Gasteiger partial charge in [-0.25, -0.2) is 19.2 Å². The zero-order valence-corrected chi connectivity index (χ0v) is 34.6. The van der Waals surface area contributed by atoms with Crippen LogP contribution in [0, 0.1) is 0 Å². The van der Waals surface area contributed by atoms with Crippen molar-refractivity contribution in [2.24, 2.45) is 0 Å². The van der Waals surface area contributed by atoms with E-state index in [4.69, 9.17) is 37.9 Å². The molecule has 2 heterocycles. The van der Waals surface area contributed by atoms with Gasteiger partial charge in [0.15, 0.2) is 43.1 Å². The van der Waals surface area contributed by atoms with Crippen molar-refractivity contribution < 1.29 is 62.2 Å². The van der Waals surface area contributed by atoms with E-state index < -0.39 is 85.3 Å². The number of hydrogen-bond donors (Lipinski definition) is 1. The lowest BCUT2D eigenvalue weighted by molar-refractivity contribution is -0.360. The van der Waals surface area contributed by atoms with Gasteiger partial charge in [0.2, 0.25) is 0 Å². The molecule has 0 aliphatic carbocycles. The number of hydrogen-bond acceptors (Lipinski definition) is 13. The molecule has 2 aliphatic rings. The molecule has 10 atom stereocenters. The molecule has 1 N–H and O–H groups in total. The first-order valence-corrected chi connectivity index (χ1v) is 20.9. The fourth-order valence-corrected chi connectivity index (χ4v) is 7.25. The summed E-state index contributed by atoms with van der Waals surface area (Å²) in [5.41, 5.74) is 0.888. The number of carbonyl (C=O) groups is 4. The Labute approximate surface area is 356 Å². The summed E-state index contributed by atoms with van der Waals surface area (Å²) in [6, 6.07) is 33.0. The fourth-order valence-electron chi connectivity index (χ4n) is 7.25. The molecule has 0 amide bonds. The highest BCUT2D eigenvalue weighted by Gasteiger charge is 2.55. The van der Waals surface area contributed by atoms with E-state index in [-0.39, 0.29) is 28.9 Å². The lowest BCUT2D eigenvalue weighted by Gasteiger charge is -2.47. The minimum Gasteiger partial charge on any atom is -0.452 e. The van der Waals surface area contributed by atoms with E-state index in [2.05, 4.69) is 6.92 Å². The normalized spacial score (nSPS) is 26.1. The largest absolute Gasteiger partial charge is 0.452 e. The molecule has 2 aliphatic heterocycles. The summed E-state index contributed by atoms with van der Waals surface area (Å²) in [7, 11) is 0. The maximum Gasteiger partial charge on any atom is 0.338 e. The predicted molar refractivity (Wildman–Crippen MR) is 221 cm³/mol. The summed E-state index contributed by atoms with van der Waals surface area (Å²) in [4.78, 5) is 54.4. The van der Waals surface area contributed by atoms with Gasteiger partial charge in [0.25, 0.3) is 0 Å². The van der Waals surface area contributed by atoms with Crippen molar-refractivity contribution in [3.8, 4) is 0 Å². The van der Waals surface area contributed by atoms with Crippen LogP contribution in [-0.4, -0.2) is 97.0 Å². The van der Waals surface area contributed by atoms with Crippen molar-refractivity contribution in [3.63, 3.8) is 0 Å². The Morgan fingerprint density at radius 2 is 0.836 bits per heavy atom. The molecule has 13 nitrogen and oxygen atoms in total. The minimum atomic E-state index is -1.79. The van der Waals surface area contributed by atoms with Gasteiger partial charge in [-0.05, 0) is 68.8 Å². The van der Waals surface area contributed by atoms with Crippen LogP contribution >= 0.6 is 0 Å². The Morgan fingerprint density at radius 3 is 1.28 bits per heavy atom. The van der Waals surface area contributed by atoms with Crippen LogP contribution in [0.5, 0.6) is 0 Å². The van der Waals surface area contributed by atoms with Crippen molar-refractivity contribution in [2.75, 3.05) is 6.61 Å². The van der Waals surface area contributed by atoms with Crippen molar-refractivity contribution in [2.45, 2.75) is 121 Å². The second-order valence-electron chi connectivity index (χ2n) is 15.1. The lowest BCUT2D eigenvalue weighted by Crippen LogP contribution is -2.65. The highest BCUT2D eigenvalue weighted by atomic mass is 16.8. The zero-order valence-electron chi connectivity index (χ0n) is 34.6. The first kappa shape index (κ1) is 45.1. The molecular weight excluding hydrogens is 785 g/mol. The van der Waals surface area contributed by atoms with E-state index in [1.54, 1.807) is 135 Å². The number of unbranched alkanes of at least 4 members (excludes halogenated alkanes) is 5. The molecule has 0 unspecified atom stereocenters. The first-order valence-electron chi connectivity index (χ1n) is 20.9. The third-order valence-corrected chi connectivity index (χ3v) is 10.6. The number of ether oxygens (including phenoxy) is 8. The number of carbonyl (C=O) groups excluding carboxylic acids is 4. The zero-order chi connectivity index (χ0) is 43.1. The average molecular weight is 839 g/mol. The molecule has 2 saturated heterocycles. The SMILES string of the molecule is CCCCCCCCO[C@@H]1O[C@@H](C)[C@H](OC(=O)c2ccccc2)[C@@H](OC(=O)c2ccccc2)[C@H]1O[C@@H]1O[C@@H](C)[C@H](OC(=O)c2ccccc2)[C@@H](OC(=O)c2ccccc2)[C@H]1O. The number of benzene rings is 4. The van der Waals surface area contributed by atoms with E-state index in [1.807, 2.05) is 0 Å². The number of esters is 4. The van der Waals surface area contributed by atoms with Crippen LogP contribution in [0.2, 0.25) is 0 Å². The maximum absolute atomic E-state index is 13.9. The number of rotatable bonds is 18. The van der Waals surface area contributed by atoms with Gasteiger partial charge in [-0.1, -0.05) is 112 Å². The van der Waals surface area contributed by atoms with Crippen LogP contribution in [0.3, 0.4) is 0 Å². The quantitative estimate of drug-likeness (QED) is 0.0596. The average Bonchev–Trinajstić information content (AvgIpc) is 3.29. The minimum absolute atomic E-state index is 0.188. The van der Waals surface area contributed by atoms with Crippen LogP contribution < -0.4 is 0 Å². The molecular formula is C48H54O13. The molecule has 4 aromatic carbocycles. The van der Waals surface area contributed by atoms with Gasteiger partial charge in [-0.2, -0.15) is 0 Å². The molecule has 61 heavy (non-hydrogen) atoms. The third-order valence-electron chi connectivity index (χ3n) is 10.6. The summed E-state index contributed by atoms with van der Waals surface area (Å²) in [5.74, 6) is -2.98. The molecule has 324 valence electrons. The summed E-state index contributed by atoms with van der Waals surface area (Å²) in [6.07, 6.45) is -7.42. The van der Waals surface area contributed by atoms with Crippen LogP contribution in [0.4, 0.5) is 0 Å². The second-order valence-corrected chi connectivity index (χ2v) is 15.1. The van der Waals surface area contributed by atoms with Crippen LogP contribution in [0.15, 0.2) is 121 Å². The topological polar surface area (TPSA) is 162 Å². The van der Waals surface area contributed by atoms with Gasteiger partial charge in [-0.3, -0.25) is 0 Å². The standard InChI is InChI=1S/C48H54O13/c1-4-5-6-7-8-21-30-54-48-42(41(60-46(53)36-28-19-12-20-29-36)39(32(3)56-48)58-44(51)34-24-15-10-16-25-34)61-47-37(49)40(59-45(52)35-26-17-11-18-27-35)38(31(2)55-47)57-43(50)33-22-13-9-14-23-33/h9-20,22-29,31-32,37-42,47-49H,4-8,21,30H2,1-3H3/t31-,32-,37+,38-,39-,40-,41+,42+,47-,48+/m0/s1. The highest BCUT2D eigenvalue weighted by Crippen LogP contribution is 2.35. The Hall–Kier alpha value is -5.44. The van der Waals surface area contributed by atoms with Crippen LogP contribution in [0.1, 0.15) is 101 Å². The van der Waals surface area contributed by atoms with Gasteiger partial charge < -0.3 is 43.0 Å². The summed E-state index contributed by atoms with van der Waals surface area (Å²) >= 11 is 0. The molecule has 0 aromatic heterocycles. The molecule has 6 rings (SSSR count). The maximum atomic E-state index is 13.9. The highest BCUT2D eigenvalue weighted by molar-refractivity contribution is 5.91. The Balaban J connectivity index is 1.33. The van der Waals surface area contributed by atoms with Gasteiger partial charge in [0.1, 0.15) is 6.10 Å². The van der Waals surface area contributed by atoms with Crippen LogP contribution in [-0.2, 0) is 37.9 Å². The second kappa shape index (κ2) is 22.4. The van der Waals surface area contributed by atoms with Crippen LogP contribution in [0.25, 0.3) is 0 Å². The number of aliphatic hydroxyl groups excluding tert-OH is 1. The van der Waals surface area contributed by atoms with Gasteiger partial charge in [0.05, 0.1) is 34.5 Å². The van der Waals surface area contributed by atoms with Crippen molar-refractivity contribution >= 4 is 23.9 Å². The molecule has 13 heteroatoms. The summed E-state index contributed by atoms with van der Waals surface area (Å²) < 4.78 is 49.6. The molecule has 2 fully saturated rings. The summed E-state index contributed by atoms with van der Waals surface area (Å²) in [6.45, 7) is 5.65. The monoisotopic (exact) mass is 838 g/mol. The van der Waals surface area contributed by atoms with E-state index >= 15 is 0 Å². The summed E-state index contributed by atoms with van der Waals surface area (Å²) in [5, 5.41) is 12.1. The van der Waals surface area contributed by atoms with E-state index in [0.29, 0.717) is 6.42 Å². The fraction of sp³-hybridized carbons (Fsp3) is 0.417. The van der Waals surface area contributed by atoms with E-state index in [0.717, 1.165) is 32.1 Å². The lowest BCUT2D eigenvalue weighted by atomic mass is 9.96. The van der Waals surface area contributed by atoms with Crippen molar-refractivity contribution in [3.05, 3.63) is 144 Å². The molecule has 0 spiro atoms. The Morgan fingerprint density at radius 1 is 0.475 bits per heavy atom. The smallest absolute Gasteiger partial charge is 0.338 e. The molecule has 0 bridgehead atoms. The van der Waals surface area contributed by atoms with E-state index in [9.17, 15) is 24.3 Å². The van der Waals surface area contributed by atoms with Gasteiger partial charge in [-0.15, -0.1) is 0 Å².